The van der Waals surface area contributed by atoms with Crippen molar-refractivity contribution in [1.82, 2.24) is 5.43 Å². The Balaban J connectivity index is 1.58. The molecule has 3 rings (SSSR count). The number of rotatable bonds is 9. The molecule has 0 aliphatic rings. The summed E-state index contributed by atoms with van der Waals surface area (Å²) in [7, 11) is 1.56. The Labute approximate surface area is 207 Å². The van der Waals surface area contributed by atoms with Crippen LogP contribution in [0.3, 0.4) is 0 Å². The van der Waals surface area contributed by atoms with Crippen LogP contribution in [0.15, 0.2) is 74.7 Å². The minimum absolute atomic E-state index is 0.211. The smallest absolute Gasteiger partial charge is 0.277 e. The van der Waals surface area contributed by atoms with Crippen LogP contribution in [0.5, 0.6) is 17.2 Å². The number of benzene rings is 3. The van der Waals surface area contributed by atoms with Gasteiger partial charge in [-0.1, -0.05) is 51.8 Å². The molecule has 0 aliphatic heterocycles. The summed E-state index contributed by atoms with van der Waals surface area (Å²) in [6.45, 7) is 0.175. The highest BCUT2D eigenvalue weighted by Crippen LogP contribution is 2.37. The molecule has 0 saturated heterocycles. The first-order valence-corrected chi connectivity index (χ1v) is 11.4. The third-order valence-electron chi connectivity index (χ3n) is 4.15. The number of carbonyl (C=O) groups excluding carboxylic acids is 1. The number of halogens is 3. The van der Waals surface area contributed by atoms with Gasteiger partial charge in [-0.2, -0.15) is 5.10 Å². The molecule has 1 N–H and O–H groups in total. The van der Waals surface area contributed by atoms with Gasteiger partial charge in [-0.05, 0) is 63.5 Å². The Hall–Kier alpha value is -2.55. The lowest BCUT2D eigenvalue weighted by molar-refractivity contribution is -0.123. The van der Waals surface area contributed by atoms with Crippen LogP contribution in [-0.2, 0) is 11.4 Å². The van der Waals surface area contributed by atoms with Gasteiger partial charge >= 0.3 is 0 Å². The molecule has 0 unspecified atom stereocenters. The van der Waals surface area contributed by atoms with Gasteiger partial charge in [-0.15, -0.1) is 0 Å². The standard InChI is InChI=1S/C23H19Br2ClN2O4/c1-30-21-11-16(10-18(25)23(21)32-13-15-6-8-17(24)9-7-15)12-27-28-22(29)14-31-20-5-3-2-4-19(20)26/h2-12H,13-14H2,1H3,(H,28,29)/b27-12-. The third kappa shape index (κ3) is 6.98. The summed E-state index contributed by atoms with van der Waals surface area (Å²) in [6, 6.07) is 18.4. The molecule has 0 spiro atoms. The monoisotopic (exact) mass is 580 g/mol. The topological polar surface area (TPSA) is 69.2 Å². The van der Waals surface area contributed by atoms with Crippen molar-refractivity contribution in [1.29, 1.82) is 0 Å². The van der Waals surface area contributed by atoms with E-state index in [1.54, 1.807) is 37.4 Å². The predicted molar refractivity (Wildman–Crippen MR) is 132 cm³/mol. The average Bonchev–Trinajstić information content (AvgIpc) is 2.78. The van der Waals surface area contributed by atoms with Crippen LogP contribution in [0.25, 0.3) is 0 Å². The average molecular weight is 583 g/mol. The van der Waals surface area contributed by atoms with Crippen molar-refractivity contribution >= 4 is 55.6 Å². The fraction of sp³-hybridized carbons (Fsp3) is 0.130. The second-order valence-electron chi connectivity index (χ2n) is 6.46. The first kappa shape index (κ1) is 24.1. The van der Waals surface area contributed by atoms with Gasteiger partial charge < -0.3 is 14.2 Å². The maximum absolute atomic E-state index is 12.0. The van der Waals surface area contributed by atoms with E-state index in [-0.39, 0.29) is 6.61 Å². The van der Waals surface area contributed by atoms with Crippen molar-refractivity contribution in [2.24, 2.45) is 5.10 Å². The van der Waals surface area contributed by atoms with Gasteiger partial charge in [0.05, 0.1) is 22.8 Å². The zero-order valence-corrected chi connectivity index (χ0v) is 20.9. The molecule has 166 valence electrons. The zero-order chi connectivity index (χ0) is 22.9. The molecule has 0 aliphatic carbocycles. The molecule has 0 fully saturated rings. The number of para-hydroxylation sites is 1. The van der Waals surface area contributed by atoms with Gasteiger partial charge in [0.25, 0.3) is 5.91 Å². The molecular formula is C23H19Br2ClN2O4. The number of methoxy groups -OCH3 is 1. The van der Waals surface area contributed by atoms with Crippen LogP contribution in [0, 0.1) is 0 Å². The van der Waals surface area contributed by atoms with Gasteiger partial charge in [-0.3, -0.25) is 4.79 Å². The Morgan fingerprint density at radius 1 is 1.06 bits per heavy atom. The Kier molecular flexibility index (Phi) is 8.96. The summed E-state index contributed by atoms with van der Waals surface area (Å²) < 4.78 is 18.5. The Bertz CT molecular complexity index is 1110. The molecule has 0 atom stereocenters. The molecule has 6 nitrogen and oxygen atoms in total. The highest BCUT2D eigenvalue weighted by Gasteiger charge is 2.12. The molecular weight excluding hydrogens is 564 g/mol. The number of hydrogen-bond acceptors (Lipinski definition) is 5. The van der Waals surface area contributed by atoms with E-state index in [4.69, 9.17) is 25.8 Å². The lowest BCUT2D eigenvalue weighted by atomic mass is 10.2. The van der Waals surface area contributed by atoms with Crippen molar-refractivity contribution in [3.8, 4) is 17.2 Å². The van der Waals surface area contributed by atoms with Crippen molar-refractivity contribution in [2.45, 2.75) is 6.61 Å². The summed E-state index contributed by atoms with van der Waals surface area (Å²) >= 11 is 12.9. The molecule has 32 heavy (non-hydrogen) atoms. The Morgan fingerprint density at radius 3 is 2.53 bits per heavy atom. The highest BCUT2D eigenvalue weighted by atomic mass is 79.9. The number of hydrazone groups is 1. The summed E-state index contributed by atoms with van der Waals surface area (Å²) in [4.78, 5) is 12.0. The van der Waals surface area contributed by atoms with E-state index in [2.05, 4.69) is 42.4 Å². The molecule has 0 saturated carbocycles. The third-order valence-corrected chi connectivity index (χ3v) is 5.58. The summed E-state index contributed by atoms with van der Waals surface area (Å²) in [5, 5.41) is 4.40. The summed E-state index contributed by atoms with van der Waals surface area (Å²) in [5.41, 5.74) is 4.14. The summed E-state index contributed by atoms with van der Waals surface area (Å²) in [5.74, 6) is 1.12. The molecule has 3 aromatic carbocycles. The minimum atomic E-state index is -0.415. The van der Waals surface area contributed by atoms with Crippen LogP contribution >= 0.6 is 43.5 Å². The van der Waals surface area contributed by atoms with E-state index >= 15 is 0 Å². The first-order chi connectivity index (χ1) is 15.5. The van der Waals surface area contributed by atoms with Crippen LogP contribution < -0.4 is 19.6 Å². The van der Waals surface area contributed by atoms with E-state index in [1.165, 1.54) is 6.21 Å². The maximum atomic E-state index is 12.0. The number of ether oxygens (including phenoxy) is 3. The van der Waals surface area contributed by atoms with Crippen LogP contribution in [0.1, 0.15) is 11.1 Å². The van der Waals surface area contributed by atoms with Crippen LogP contribution in [0.2, 0.25) is 5.02 Å². The second kappa shape index (κ2) is 11.9. The number of hydrogen-bond donors (Lipinski definition) is 1. The highest BCUT2D eigenvalue weighted by molar-refractivity contribution is 9.10. The van der Waals surface area contributed by atoms with Gasteiger partial charge in [0.2, 0.25) is 0 Å². The van der Waals surface area contributed by atoms with Crippen molar-refractivity contribution < 1.29 is 19.0 Å². The molecule has 0 aromatic heterocycles. The van der Waals surface area contributed by atoms with Crippen molar-refractivity contribution in [2.75, 3.05) is 13.7 Å². The lowest BCUT2D eigenvalue weighted by Crippen LogP contribution is -2.24. The largest absolute Gasteiger partial charge is 0.493 e. The van der Waals surface area contributed by atoms with Crippen molar-refractivity contribution in [3.05, 3.63) is 85.8 Å². The number of nitrogens with zero attached hydrogens (tertiary/aromatic N) is 1. The second-order valence-corrected chi connectivity index (χ2v) is 8.64. The first-order valence-electron chi connectivity index (χ1n) is 9.40. The van der Waals surface area contributed by atoms with Crippen LogP contribution in [-0.4, -0.2) is 25.8 Å². The van der Waals surface area contributed by atoms with Gasteiger partial charge in [0, 0.05) is 4.47 Å². The fourth-order valence-corrected chi connectivity index (χ4v) is 3.64. The quantitative estimate of drug-likeness (QED) is 0.249. The SMILES string of the molecule is COc1cc(/C=N\NC(=O)COc2ccccc2Cl)cc(Br)c1OCc1ccc(Br)cc1. The minimum Gasteiger partial charge on any atom is -0.493 e. The number of nitrogens with one attached hydrogen (secondary N) is 1. The lowest BCUT2D eigenvalue weighted by Gasteiger charge is -2.13. The molecule has 0 radical (unpaired) electrons. The molecule has 0 heterocycles. The van der Waals surface area contributed by atoms with E-state index in [9.17, 15) is 4.79 Å². The van der Waals surface area contributed by atoms with Gasteiger partial charge in [0.1, 0.15) is 12.4 Å². The van der Waals surface area contributed by atoms with Crippen molar-refractivity contribution in [3.63, 3.8) is 0 Å². The van der Waals surface area contributed by atoms with E-state index in [0.29, 0.717) is 38.9 Å². The van der Waals surface area contributed by atoms with E-state index in [0.717, 1.165) is 10.0 Å². The normalized spacial score (nSPS) is 10.8. The number of amides is 1. The maximum Gasteiger partial charge on any atom is 0.277 e. The number of carbonyl (C=O) groups is 1. The summed E-state index contributed by atoms with van der Waals surface area (Å²) in [6.07, 6.45) is 1.50. The Morgan fingerprint density at radius 2 is 1.81 bits per heavy atom. The van der Waals surface area contributed by atoms with Gasteiger partial charge in [0.15, 0.2) is 18.1 Å². The molecule has 0 bridgehead atoms. The fourth-order valence-electron chi connectivity index (χ4n) is 2.61. The molecule has 1 amide bonds. The van der Waals surface area contributed by atoms with E-state index in [1.807, 2.05) is 30.3 Å². The van der Waals surface area contributed by atoms with Crippen LogP contribution in [0.4, 0.5) is 0 Å². The predicted octanol–water partition coefficient (Wildman–Crippen LogP) is 5.98. The molecule has 3 aromatic rings. The van der Waals surface area contributed by atoms with E-state index < -0.39 is 5.91 Å². The zero-order valence-electron chi connectivity index (χ0n) is 17.0. The molecule has 9 heteroatoms. The van der Waals surface area contributed by atoms with Gasteiger partial charge in [-0.25, -0.2) is 5.43 Å².